The first-order chi connectivity index (χ1) is 19.2. The lowest BCUT2D eigenvalue weighted by Crippen LogP contribution is -2.27. The Morgan fingerprint density at radius 3 is 2.18 bits per heavy atom. The van der Waals surface area contributed by atoms with E-state index in [2.05, 4.69) is 73.3 Å². The zero-order valence-corrected chi connectivity index (χ0v) is 24.0. The van der Waals surface area contributed by atoms with Gasteiger partial charge >= 0.3 is 0 Å². The molecule has 0 bridgehead atoms. The van der Waals surface area contributed by atoms with Crippen LogP contribution in [-0.4, -0.2) is 42.9 Å². The van der Waals surface area contributed by atoms with Crippen molar-refractivity contribution in [3.8, 4) is 17.2 Å². The fourth-order valence-electron chi connectivity index (χ4n) is 5.65. The van der Waals surface area contributed by atoms with Crippen molar-refractivity contribution >= 4 is 0 Å². The Morgan fingerprint density at radius 2 is 1.46 bits per heavy atom. The van der Waals surface area contributed by atoms with E-state index in [4.69, 9.17) is 9.47 Å². The molecule has 39 heavy (non-hydrogen) atoms. The van der Waals surface area contributed by atoms with Gasteiger partial charge in [0.25, 0.3) is 0 Å². The first kappa shape index (κ1) is 29.0. The van der Waals surface area contributed by atoms with Gasteiger partial charge in [-0.1, -0.05) is 88.1 Å². The lowest BCUT2D eigenvalue weighted by atomic mass is 9.76. The number of nitrogens with zero attached hydrogens (tertiary/aromatic N) is 1. The van der Waals surface area contributed by atoms with Crippen LogP contribution in [0.3, 0.4) is 0 Å². The molecule has 2 atom stereocenters. The Hall–Kier alpha value is -2.98. The van der Waals surface area contributed by atoms with E-state index in [9.17, 15) is 5.11 Å². The Labute approximate surface area is 236 Å². The van der Waals surface area contributed by atoms with Crippen molar-refractivity contribution in [1.29, 1.82) is 0 Å². The van der Waals surface area contributed by atoms with E-state index in [-0.39, 0.29) is 17.6 Å². The van der Waals surface area contributed by atoms with E-state index < -0.39 is 0 Å². The molecule has 0 unspecified atom stereocenters. The van der Waals surface area contributed by atoms with Gasteiger partial charge < -0.3 is 19.5 Å². The summed E-state index contributed by atoms with van der Waals surface area (Å²) in [7, 11) is 0. The molecule has 3 aromatic carbocycles. The topological polar surface area (TPSA) is 41.9 Å². The summed E-state index contributed by atoms with van der Waals surface area (Å²) in [4.78, 5) is 2.66. The SMILES string of the molecule is CCCCN(CCCC)CCCCCCOc1ccc([C@H]2c3ccc(O)cc3OC[C@H]2c2ccccc2)cc1. The third kappa shape index (κ3) is 8.50. The van der Waals surface area contributed by atoms with Crippen molar-refractivity contribution in [2.75, 3.05) is 32.8 Å². The predicted molar refractivity (Wildman–Crippen MR) is 161 cm³/mol. The van der Waals surface area contributed by atoms with Crippen LogP contribution >= 0.6 is 0 Å². The number of benzene rings is 3. The van der Waals surface area contributed by atoms with Crippen molar-refractivity contribution in [2.24, 2.45) is 0 Å². The van der Waals surface area contributed by atoms with Crippen LogP contribution in [0.25, 0.3) is 0 Å². The quantitative estimate of drug-likeness (QED) is 0.189. The fourth-order valence-corrected chi connectivity index (χ4v) is 5.65. The van der Waals surface area contributed by atoms with Gasteiger partial charge in [-0.25, -0.2) is 0 Å². The third-order valence-corrected chi connectivity index (χ3v) is 7.91. The van der Waals surface area contributed by atoms with Gasteiger partial charge in [0.15, 0.2) is 0 Å². The zero-order chi connectivity index (χ0) is 27.3. The first-order valence-corrected chi connectivity index (χ1v) is 15.1. The summed E-state index contributed by atoms with van der Waals surface area (Å²) >= 11 is 0. The summed E-state index contributed by atoms with van der Waals surface area (Å²) in [5.74, 6) is 2.29. The minimum absolute atomic E-state index is 0.153. The highest BCUT2D eigenvalue weighted by atomic mass is 16.5. The van der Waals surface area contributed by atoms with Gasteiger partial charge in [-0.2, -0.15) is 0 Å². The molecule has 1 heterocycles. The van der Waals surface area contributed by atoms with Gasteiger partial charge in [-0.15, -0.1) is 0 Å². The molecule has 4 rings (SSSR count). The number of phenolic OH excluding ortho intramolecular Hbond substituents is 1. The highest BCUT2D eigenvalue weighted by Crippen LogP contribution is 2.47. The smallest absolute Gasteiger partial charge is 0.126 e. The molecule has 1 aliphatic rings. The van der Waals surface area contributed by atoms with E-state index in [0.717, 1.165) is 30.1 Å². The van der Waals surface area contributed by atoms with Gasteiger partial charge in [-0.05, 0) is 74.6 Å². The second kappa shape index (κ2) is 15.6. The molecule has 4 nitrogen and oxygen atoms in total. The largest absolute Gasteiger partial charge is 0.508 e. The molecule has 0 saturated carbocycles. The van der Waals surface area contributed by atoms with Crippen LogP contribution in [0.2, 0.25) is 0 Å². The summed E-state index contributed by atoms with van der Waals surface area (Å²) in [6.07, 6.45) is 10.1. The van der Waals surface area contributed by atoms with Crippen molar-refractivity contribution in [3.05, 3.63) is 89.5 Å². The molecular formula is C35H47NO3. The second-order valence-electron chi connectivity index (χ2n) is 10.9. The van der Waals surface area contributed by atoms with Crippen LogP contribution in [0.5, 0.6) is 17.2 Å². The molecule has 4 heteroatoms. The average molecular weight is 530 g/mol. The number of fused-ring (bicyclic) bond motifs is 1. The molecule has 0 aromatic heterocycles. The van der Waals surface area contributed by atoms with E-state index in [1.54, 1.807) is 12.1 Å². The fraction of sp³-hybridized carbons (Fsp3) is 0.486. The van der Waals surface area contributed by atoms with Gasteiger partial charge in [-0.3, -0.25) is 0 Å². The molecule has 0 amide bonds. The average Bonchev–Trinajstić information content (AvgIpc) is 2.97. The summed E-state index contributed by atoms with van der Waals surface area (Å²) in [6.45, 7) is 9.65. The molecule has 0 saturated heterocycles. The number of phenols is 1. The zero-order valence-electron chi connectivity index (χ0n) is 24.0. The van der Waals surface area contributed by atoms with E-state index in [1.165, 1.54) is 75.7 Å². The predicted octanol–water partition coefficient (Wildman–Crippen LogP) is 8.54. The summed E-state index contributed by atoms with van der Waals surface area (Å²) in [6, 6.07) is 24.7. The van der Waals surface area contributed by atoms with Crippen LogP contribution in [0, 0.1) is 0 Å². The molecule has 0 spiro atoms. The first-order valence-electron chi connectivity index (χ1n) is 15.1. The molecule has 0 aliphatic carbocycles. The minimum atomic E-state index is 0.153. The van der Waals surface area contributed by atoms with Gasteiger partial charge in [0.05, 0.1) is 13.2 Å². The number of unbranched alkanes of at least 4 members (excludes halogenated alkanes) is 5. The molecule has 1 N–H and O–H groups in total. The normalized spacial score (nSPS) is 16.6. The third-order valence-electron chi connectivity index (χ3n) is 7.91. The van der Waals surface area contributed by atoms with Gasteiger partial charge in [0, 0.05) is 23.5 Å². The van der Waals surface area contributed by atoms with Crippen molar-refractivity contribution < 1.29 is 14.6 Å². The molecule has 1 aliphatic heterocycles. The number of rotatable bonds is 16. The maximum atomic E-state index is 10.0. The maximum Gasteiger partial charge on any atom is 0.126 e. The van der Waals surface area contributed by atoms with Crippen molar-refractivity contribution in [2.45, 2.75) is 77.0 Å². The maximum absolute atomic E-state index is 10.0. The van der Waals surface area contributed by atoms with Crippen LogP contribution < -0.4 is 9.47 Å². The molecule has 0 radical (unpaired) electrons. The van der Waals surface area contributed by atoms with Crippen LogP contribution in [0.15, 0.2) is 72.8 Å². The highest BCUT2D eigenvalue weighted by Gasteiger charge is 2.33. The molecule has 210 valence electrons. The van der Waals surface area contributed by atoms with Crippen LogP contribution in [-0.2, 0) is 0 Å². The molecular weight excluding hydrogens is 482 g/mol. The summed E-state index contributed by atoms with van der Waals surface area (Å²) in [5, 5.41) is 10.0. The van der Waals surface area contributed by atoms with E-state index >= 15 is 0 Å². The lowest BCUT2D eigenvalue weighted by Gasteiger charge is -2.34. The molecule has 3 aromatic rings. The lowest BCUT2D eigenvalue weighted by molar-refractivity contribution is 0.247. The summed E-state index contributed by atoms with van der Waals surface area (Å²) < 4.78 is 12.2. The summed E-state index contributed by atoms with van der Waals surface area (Å²) in [5.41, 5.74) is 3.62. The minimum Gasteiger partial charge on any atom is -0.508 e. The number of aromatic hydroxyl groups is 1. The number of ether oxygens (including phenoxy) is 2. The Morgan fingerprint density at radius 1 is 0.769 bits per heavy atom. The standard InChI is InChI=1S/C35H47NO3/c1-3-5-22-36(23-6-4-2)24-12-7-8-13-25-38-31-19-16-29(17-20-31)35-32-21-18-30(37)26-34(32)39-27-33(35)28-14-10-9-11-15-28/h9-11,14-21,26,33,35,37H,3-8,12-13,22-25,27H2,1-2H3/t33-,35-/m0/s1. The van der Waals surface area contributed by atoms with E-state index in [1.807, 2.05) is 6.07 Å². The number of hydrogen-bond donors (Lipinski definition) is 1. The molecule has 0 fully saturated rings. The van der Waals surface area contributed by atoms with E-state index in [0.29, 0.717) is 6.61 Å². The Bertz CT molecular complexity index is 1090. The second-order valence-corrected chi connectivity index (χ2v) is 10.9. The van der Waals surface area contributed by atoms with Crippen molar-refractivity contribution in [1.82, 2.24) is 4.90 Å². The number of hydrogen-bond acceptors (Lipinski definition) is 4. The van der Waals surface area contributed by atoms with Crippen LogP contribution in [0.4, 0.5) is 0 Å². The van der Waals surface area contributed by atoms with Gasteiger partial charge in [0.2, 0.25) is 0 Å². The Kier molecular flexibility index (Phi) is 11.6. The Balaban J connectivity index is 1.29. The highest BCUT2D eigenvalue weighted by molar-refractivity contribution is 5.50. The van der Waals surface area contributed by atoms with Crippen LogP contribution in [0.1, 0.15) is 93.7 Å². The van der Waals surface area contributed by atoms with Crippen molar-refractivity contribution in [3.63, 3.8) is 0 Å². The van der Waals surface area contributed by atoms with Gasteiger partial charge in [0.1, 0.15) is 17.2 Å². The monoisotopic (exact) mass is 529 g/mol.